The van der Waals surface area contributed by atoms with Crippen molar-refractivity contribution in [3.05, 3.63) is 41.5 Å². The van der Waals surface area contributed by atoms with Gasteiger partial charge in [-0.25, -0.2) is 13.8 Å². The summed E-state index contributed by atoms with van der Waals surface area (Å²) >= 11 is 0. The maximum absolute atomic E-state index is 12.9. The number of sulfonamides is 1. The summed E-state index contributed by atoms with van der Waals surface area (Å²) in [5, 5.41) is 3.88. The van der Waals surface area contributed by atoms with E-state index in [2.05, 4.69) is 10.5 Å². The molecule has 174 valence electrons. The molecule has 1 amide bonds. The molecule has 10 nitrogen and oxygen atoms in total. The number of hydrogen-bond donors (Lipinski definition) is 1. The van der Waals surface area contributed by atoms with Crippen LogP contribution in [0.5, 0.6) is 23.0 Å². The number of nitrogens with zero attached hydrogens (tertiary/aromatic N) is 2. The molecular weight excluding hydrogens is 438 g/mol. The van der Waals surface area contributed by atoms with E-state index in [9.17, 15) is 13.2 Å². The van der Waals surface area contributed by atoms with E-state index in [1.807, 2.05) is 0 Å². The van der Waals surface area contributed by atoms with Gasteiger partial charge >= 0.3 is 0 Å². The lowest BCUT2D eigenvalue weighted by atomic mass is 10.2. The molecule has 2 rings (SSSR count). The van der Waals surface area contributed by atoms with Gasteiger partial charge in [0.05, 0.1) is 41.2 Å². The predicted octanol–water partition coefficient (Wildman–Crippen LogP) is 1.80. The zero-order valence-electron chi connectivity index (χ0n) is 18.8. The second-order valence-electron chi connectivity index (χ2n) is 6.67. The van der Waals surface area contributed by atoms with Crippen molar-refractivity contribution in [2.24, 2.45) is 5.10 Å². The number of hydrogen-bond acceptors (Lipinski definition) is 8. The quantitative estimate of drug-likeness (QED) is 0.420. The van der Waals surface area contributed by atoms with E-state index < -0.39 is 22.5 Å². The molecule has 0 saturated heterocycles. The number of methoxy groups -OCH3 is 4. The third-order valence-electron chi connectivity index (χ3n) is 4.46. The third kappa shape index (κ3) is 5.68. The largest absolute Gasteiger partial charge is 0.495 e. The van der Waals surface area contributed by atoms with Gasteiger partial charge in [0.15, 0.2) is 11.5 Å². The van der Waals surface area contributed by atoms with Crippen LogP contribution in [0.15, 0.2) is 40.3 Å². The number of ether oxygens (including phenoxy) is 4. The first kappa shape index (κ1) is 25.0. The first-order valence-electron chi connectivity index (χ1n) is 9.40. The molecule has 32 heavy (non-hydrogen) atoms. The highest BCUT2D eigenvalue weighted by Gasteiger charge is 2.26. The molecule has 0 bridgehead atoms. The first-order chi connectivity index (χ1) is 15.2. The Morgan fingerprint density at radius 1 is 1.00 bits per heavy atom. The van der Waals surface area contributed by atoms with Crippen LogP contribution in [-0.4, -0.2) is 66.9 Å². The Kier molecular flexibility index (Phi) is 8.44. The molecule has 0 radical (unpaired) electrons. The average Bonchev–Trinajstić information content (AvgIpc) is 2.78. The SMILES string of the molecule is COc1ccc(C)cc1S(=O)(=O)N(C)CC(=O)N/N=C\c1cc(OC)c(OC)c(OC)c1. The Morgan fingerprint density at radius 3 is 2.12 bits per heavy atom. The molecule has 0 aliphatic heterocycles. The van der Waals surface area contributed by atoms with Crippen LogP contribution in [0.4, 0.5) is 0 Å². The summed E-state index contributed by atoms with van der Waals surface area (Å²) in [7, 11) is 3.20. The number of likely N-dealkylation sites (N-methyl/N-ethyl adjacent to an activating group) is 1. The van der Waals surface area contributed by atoms with Gasteiger partial charge in [-0.15, -0.1) is 0 Å². The molecule has 2 aromatic carbocycles. The smallest absolute Gasteiger partial charge is 0.255 e. The zero-order valence-corrected chi connectivity index (χ0v) is 19.6. The maximum atomic E-state index is 12.9. The van der Waals surface area contributed by atoms with Crippen LogP contribution in [0.3, 0.4) is 0 Å². The van der Waals surface area contributed by atoms with Gasteiger partial charge in [-0.1, -0.05) is 6.07 Å². The van der Waals surface area contributed by atoms with Gasteiger partial charge in [-0.05, 0) is 36.8 Å². The van der Waals surface area contributed by atoms with Crippen molar-refractivity contribution in [3.63, 3.8) is 0 Å². The minimum absolute atomic E-state index is 0.0174. The van der Waals surface area contributed by atoms with Gasteiger partial charge in [0.1, 0.15) is 10.6 Å². The third-order valence-corrected chi connectivity index (χ3v) is 6.29. The number of hydrazone groups is 1. The number of rotatable bonds is 10. The minimum Gasteiger partial charge on any atom is -0.495 e. The lowest BCUT2D eigenvalue weighted by Crippen LogP contribution is -2.36. The van der Waals surface area contributed by atoms with Crippen LogP contribution in [0.2, 0.25) is 0 Å². The van der Waals surface area contributed by atoms with Crippen LogP contribution in [0.1, 0.15) is 11.1 Å². The second-order valence-corrected chi connectivity index (χ2v) is 8.68. The van der Waals surface area contributed by atoms with Crippen molar-refractivity contribution in [2.75, 3.05) is 42.0 Å². The average molecular weight is 466 g/mol. The molecule has 0 atom stereocenters. The molecule has 0 heterocycles. The Hall–Kier alpha value is -3.31. The van der Waals surface area contributed by atoms with Gasteiger partial charge < -0.3 is 18.9 Å². The van der Waals surface area contributed by atoms with Crippen LogP contribution in [0, 0.1) is 6.92 Å². The van der Waals surface area contributed by atoms with Crippen molar-refractivity contribution in [3.8, 4) is 23.0 Å². The molecule has 0 saturated carbocycles. The zero-order chi connectivity index (χ0) is 23.9. The van der Waals surface area contributed by atoms with Gasteiger partial charge in [-0.3, -0.25) is 4.79 Å². The Bertz CT molecular complexity index is 1080. The summed E-state index contributed by atoms with van der Waals surface area (Å²) in [6.07, 6.45) is 1.38. The van der Waals surface area contributed by atoms with E-state index >= 15 is 0 Å². The van der Waals surface area contributed by atoms with E-state index in [0.29, 0.717) is 22.8 Å². The molecule has 0 unspecified atom stereocenters. The Labute approximate surface area is 187 Å². The fourth-order valence-electron chi connectivity index (χ4n) is 2.83. The predicted molar refractivity (Wildman–Crippen MR) is 119 cm³/mol. The van der Waals surface area contributed by atoms with E-state index in [1.54, 1.807) is 31.2 Å². The summed E-state index contributed by atoms with van der Waals surface area (Å²) in [6.45, 7) is 1.33. The number of nitrogens with one attached hydrogen (secondary N) is 1. The van der Waals surface area contributed by atoms with Crippen molar-refractivity contribution >= 4 is 22.1 Å². The fourth-order valence-corrected chi connectivity index (χ4v) is 4.19. The molecule has 0 spiro atoms. The lowest BCUT2D eigenvalue weighted by Gasteiger charge is -2.18. The van der Waals surface area contributed by atoms with Crippen molar-refractivity contribution in [1.29, 1.82) is 0 Å². The molecule has 0 aliphatic carbocycles. The molecule has 0 fully saturated rings. The summed E-state index contributed by atoms with van der Waals surface area (Å²) in [4.78, 5) is 12.2. The monoisotopic (exact) mass is 465 g/mol. The summed E-state index contributed by atoms with van der Waals surface area (Å²) in [6, 6.07) is 8.10. The number of benzene rings is 2. The van der Waals surface area contributed by atoms with E-state index in [4.69, 9.17) is 18.9 Å². The van der Waals surface area contributed by atoms with E-state index in [0.717, 1.165) is 9.87 Å². The molecule has 11 heteroatoms. The first-order valence-corrected chi connectivity index (χ1v) is 10.8. The highest BCUT2D eigenvalue weighted by molar-refractivity contribution is 7.89. The fraction of sp³-hybridized carbons (Fsp3) is 0.333. The van der Waals surface area contributed by atoms with Crippen LogP contribution < -0.4 is 24.4 Å². The van der Waals surface area contributed by atoms with Gasteiger partial charge in [0.25, 0.3) is 5.91 Å². The number of aryl methyl sites for hydroxylation is 1. The van der Waals surface area contributed by atoms with E-state index in [-0.39, 0.29) is 10.6 Å². The summed E-state index contributed by atoms with van der Waals surface area (Å²) in [5.74, 6) is 0.861. The highest BCUT2D eigenvalue weighted by Crippen LogP contribution is 2.37. The summed E-state index contributed by atoms with van der Waals surface area (Å²) < 4.78 is 47.6. The second kappa shape index (κ2) is 10.8. The topological polar surface area (TPSA) is 116 Å². The van der Waals surface area contributed by atoms with E-state index in [1.165, 1.54) is 47.8 Å². The molecular formula is C21H27N3O7S. The minimum atomic E-state index is -3.95. The molecule has 0 aromatic heterocycles. The standard InChI is InChI=1S/C21H27N3O7S/c1-14-7-8-16(28-3)19(9-14)32(26,27)24(2)13-20(25)23-22-12-15-10-17(29-4)21(31-6)18(11-15)30-5/h7-12H,13H2,1-6H3,(H,23,25)/b22-12-. The van der Waals surface area contributed by atoms with Crippen LogP contribution in [-0.2, 0) is 14.8 Å². The van der Waals surface area contributed by atoms with Crippen molar-refractivity contribution < 1.29 is 32.2 Å². The van der Waals surface area contributed by atoms with Gasteiger partial charge in [0.2, 0.25) is 15.8 Å². The molecule has 2 aromatic rings. The van der Waals surface area contributed by atoms with Crippen molar-refractivity contribution in [1.82, 2.24) is 9.73 Å². The Morgan fingerprint density at radius 2 is 1.59 bits per heavy atom. The highest BCUT2D eigenvalue weighted by atomic mass is 32.2. The maximum Gasteiger partial charge on any atom is 0.255 e. The van der Waals surface area contributed by atoms with Gasteiger partial charge in [-0.2, -0.15) is 9.41 Å². The normalized spacial score (nSPS) is 11.5. The van der Waals surface area contributed by atoms with Gasteiger partial charge in [0, 0.05) is 12.6 Å². The lowest BCUT2D eigenvalue weighted by molar-refractivity contribution is -0.121. The number of carbonyl (C=O) groups excluding carboxylic acids is 1. The molecule has 0 aliphatic rings. The Balaban J connectivity index is 2.11. The molecule has 1 N–H and O–H groups in total. The number of carbonyl (C=O) groups is 1. The van der Waals surface area contributed by atoms with Crippen molar-refractivity contribution in [2.45, 2.75) is 11.8 Å². The number of amides is 1. The van der Waals surface area contributed by atoms with Crippen LogP contribution >= 0.6 is 0 Å². The van der Waals surface area contributed by atoms with Crippen LogP contribution in [0.25, 0.3) is 0 Å². The summed E-state index contributed by atoms with van der Waals surface area (Å²) in [5.41, 5.74) is 3.63.